The number of ether oxygens (including phenoxy) is 1. The number of carbonyl (C=O) groups is 2. The molecule has 1 saturated heterocycles. The van der Waals surface area contributed by atoms with Crippen molar-refractivity contribution in [1.29, 1.82) is 0 Å². The van der Waals surface area contributed by atoms with Crippen LogP contribution in [0.3, 0.4) is 0 Å². The second-order valence-electron chi connectivity index (χ2n) is 7.17. The molecule has 0 aliphatic carbocycles. The van der Waals surface area contributed by atoms with E-state index < -0.39 is 33.7 Å². The predicted molar refractivity (Wildman–Crippen MR) is 102 cm³/mol. The number of halogens is 1. The van der Waals surface area contributed by atoms with E-state index in [1.165, 1.54) is 17.0 Å². The lowest BCUT2D eigenvalue weighted by Gasteiger charge is -2.38. The zero-order valence-corrected chi connectivity index (χ0v) is 17.8. The van der Waals surface area contributed by atoms with Crippen LogP contribution in [0.1, 0.15) is 26.3 Å². The van der Waals surface area contributed by atoms with Crippen molar-refractivity contribution in [3.8, 4) is 0 Å². The Labute approximate surface area is 167 Å². The van der Waals surface area contributed by atoms with E-state index in [2.05, 4.69) is 15.9 Å². The van der Waals surface area contributed by atoms with Crippen LogP contribution in [0.15, 0.2) is 29.2 Å². The van der Waals surface area contributed by atoms with Crippen molar-refractivity contribution in [2.45, 2.75) is 42.6 Å². The fourth-order valence-electron chi connectivity index (χ4n) is 2.63. The van der Waals surface area contributed by atoms with E-state index in [1.54, 1.807) is 32.9 Å². The van der Waals surface area contributed by atoms with Gasteiger partial charge in [0.2, 0.25) is 10.0 Å². The van der Waals surface area contributed by atoms with Gasteiger partial charge in [-0.1, -0.05) is 28.1 Å². The summed E-state index contributed by atoms with van der Waals surface area (Å²) in [6.45, 7) is 4.77. The second kappa shape index (κ2) is 8.15. The Kier molecular flexibility index (Phi) is 6.54. The van der Waals surface area contributed by atoms with Crippen molar-refractivity contribution < 1.29 is 27.9 Å². The molecular formula is C17H23BrN2O6S. The summed E-state index contributed by atoms with van der Waals surface area (Å²) in [4.78, 5) is 25.2. The molecule has 0 saturated carbocycles. The predicted octanol–water partition coefficient (Wildman–Crippen LogP) is 2.28. The van der Waals surface area contributed by atoms with E-state index in [-0.39, 0.29) is 24.5 Å². The van der Waals surface area contributed by atoms with Gasteiger partial charge in [-0.3, -0.25) is 4.79 Å². The monoisotopic (exact) mass is 462 g/mol. The van der Waals surface area contributed by atoms with Crippen molar-refractivity contribution >= 4 is 38.0 Å². The van der Waals surface area contributed by atoms with Gasteiger partial charge in [0.15, 0.2) is 0 Å². The van der Waals surface area contributed by atoms with Gasteiger partial charge in [-0.2, -0.15) is 4.31 Å². The summed E-state index contributed by atoms with van der Waals surface area (Å²) in [7, 11) is -4.01. The van der Waals surface area contributed by atoms with E-state index in [0.717, 1.165) is 9.87 Å². The number of hydrogen-bond donors (Lipinski definition) is 1. The number of carboxylic acid groups (broad SMARTS) is 1. The van der Waals surface area contributed by atoms with Crippen molar-refractivity contribution in [3.05, 3.63) is 29.8 Å². The van der Waals surface area contributed by atoms with E-state index in [0.29, 0.717) is 5.33 Å². The highest BCUT2D eigenvalue weighted by molar-refractivity contribution is 9.08. The molecule has 1 atom stereocenters. The van der Waals surface area contributed by atoms with Crippen LogP contribution in [0.25, 0.3) is 0 Å². The Balaban J connectivity index is 2.24. The number of carboxylic acids is 1. The Bertz CT molecular complexity index is 804. The maximum Gasteiger partial charge on any atom is 0.410 e. The summed E-state index contributed by atoms with van der Waals surface area (Å²) in [6, 6.07) is 4.84. The molecule has 27 heavy (non-hydrogen) atoms. The normalized spacial score (nSPS) is 19.0. The molecule has 1 aromatic rings. The Hall–Kier alpha value is -1.65. The number of hydrogen-bond acceptors (Lipinski definition) is 5. The van der Waals surface area contributed by atoms with Crippen molar-refractivity contribution in [3.63, 3.8) is 0 Å². The smallest absolute Gasteiger partial charge is 0.410 e. The highest BCUT2D eigenvalue weighted by Crippen LogP contribution is 2.23. The molecule has 1 N–H and O–H groups in total. The van der Waals surface area contributed by atoms with Gasteiger partial charge in [0.25, 0.3) is 0 Å². The number of carbonyl (C=O) groups excluding carboxylic acids is 1. The minimum absolute atomic E-state index is 0.0177. The van der Waals surface area contributed by atoms with Crippen LogP contribution in [0.5, 0.6) is 0 Å². The summed E-state index contributed by atoms with van der Waals surface area (Å²) >= 11 is 3.29. The number of benzene rings is 1. The Morgan fingerprint density at radius 2 is 1.81 bits per heavy atom. The minimum Gasteiger partial charge on any atom is -0.480 e. The number of amides is 1. The zero-order chi connectivity index (χ0) is 20.4. The third kappa shape index (κ3) is 5.20. The number of nitrogens with zero attached hydrogens (tertiary/aromatic N) is 2. The molecular weight excluding hydrogens is 440 g/mol. The molecule has 8 nitrogen and oxygen atoms in total. The SMILES string of the molecule is CC(C)(C)OC(=O)N1CCN(S(=O)(=O)c2ccc(CBr)cc2)[C@H](C(=O)O)C1. The number of rotatable bonds is 4. The highest BCUT2D eigenvalue weighted by atomic mass is 79.9. The van der Waals surface area contributed by atoms with Crippen molar-refractivity contribution in [1.82, 2.24) is 9.21 Å². The molecule has 0 unspecified atom stereocenters. The summed E-state index contributed by atoms with van der Waals surface area (Å²) in [5.41, 5.74) is 0.175. The third-order valence-corrected chi connectivity index (χ3v) is 6.52. The standard InChI is InChI=1S/C17H23BrN2O6S/c1-17(2,3)26-16(23)19-8-9-20(14(11-19)15(21)22)27(24,25)13-6-4-12(10-18)5-7-13/h4-7,14H,8-11H2,1-3H3,(H,21,22)/t14-/m0/s1. The van der Waals surface area contributed by atoms with Crippen LogP contribution >= 0.6 is 15.9 Å². The van der Waals surface area contributed by atoms with Gasteiger partial charge in [0.05, 0.1) is 11.4 Å². The van der Waals surface area contributed by atoms with Crippen LogP contribution < -0.4 is 0 Å². The topological polar surface area (TPSA) is 104 Å². The van der Waals surface area contributed by atoms with E-state index >= 15 is 0 Å². The first-order valence-corrected chi connectivity index (χ1v) is 10.9. The molecule has 1 aliphatic rings. The minimum atomic E-state index is -4.01. The molecule has 1 aliphatic heterocycles. The summed E-state index contributed by atoms with van der Waals surface area (Å²) < 4.78 is 32.0. The van der Waals surface area contributed by atoms with Gasteiger partial charge in [-0.05, 0) is 38.5 Å². The van der Waals surface area contributed by atoms with E-state index in [4.69, 9.17) is 4.74 Å². The number of sulfonamides is 1. The molecule has 1 aromatic carbocycles. The maximum atomic E-state index is 12.9. The van der Waals surface area contributed by atoms with Crippen LogP contribution in [0.2, 0.25) is 0 Å². The van der Waals surface area contributed by atoms with Gasteiger partial charge in [0.1, 0.15) is 11.6 Å². The maximum absolute atomic E-state index is 12.9. The first-order valence-electron chi connectivity index (χ1n) is 8.33. The zero-order valence-electron chi connectivity index (χ0n) is 15.4. The van der Waals surface area contributed by atoms with Crippen LogP contribution in [-0.2, 0) is 24.9 Å². The lowest BCUT2D eigenvalue weighted by molar-refractivity contribution is -0.143. The summed E-state index contributed by atoms with van der Waals surface area (Å²) in [5.74, 6) is -1.32. The van der Waals surface area contributed by atoms with Gasteiger partial charge in [-0.25, -0.2) is 13.2 Å². The molecule has 10 heteroatoms. The lowest BCUT2D eigenvalue weighted by atomic mass is 10.2. The molecule has 1 heterocycles. The first-order chi connectivity index (χ1) is 12.5. The van der Waals surface area contributed by atoms with Gasteiger partial charge < -0.3 is 14.7 Å². The molecule has 150 valence electrons. The average molecular weight is 463 g/mol. The average Bonchev–Trinajstić information content (AvgIpc) is 2.59. The van der Waals surface area contributed by atoms with Crippen molar-refractivity contribution in [2.24, 2.45) is 0 Å². The van der Waals surface area contributed by atoms with E-state index in [9.17, 15) is 23.1 Å². The largest absolute Gasteiger partial charge is 0.480 e. The fourth-order valence-corrected chi connectivity index (χ4v) is 4.57. The summed E-state index contributed by atoms with van der Waals surface area (Å²) in [5, 5.41) is 10.1. The van der Waals surface area contributed by atoms with E-state index in [1.807, 2.05) is 0 Å². The van der Waals surface area contributed by atoms with Gasteiger partial charge >= 0.3 is 12.1 Å². The number of aliphatic carboxylic acids is 1. The lowest BCUT2D eigenvalue weighted by Crippen LogP contribution is -2.59. The molecule has 1 amide bonds. The first kappa shape index (κ1) is 21.6. The molecule has 0 aromatic heterocycles. The molecule has 1 fully saturated rings. The van der Waals surface area contributed by atoms with Crippen LogP contribution in [-0.4, -0.2) is 66.1 Å². The highest BCUT2D eigenvalue weighted by Gasteiger charge is 2.42. The van der Waals surface area contributed by atoms with Crippen LogP contribution in [0.4, 0.5) is 4.79 Å². The van der Waals surface area contributed by atoms with Gasteiger partial charge in [-0.15, -0.1) is 0 Å². The molecule has 2 rings (SSSR count). The fraction of sp³-hybridized carbons (Fsp3) is 0.529. The van der Waals surface area contributed by atoms with Gasteiger partial charge in [0, 0.05) is 18.4 Å². The number of piperazine rings is 1. The molecule has 0 spiro atoms. The van der Waals surface area contributed by atoms with Crippen molar-refractivity contribution in [2.75, 3.05) is 19.6 Å². The Morgan fingerprint density at radius 1 is 1.22 bits per heavy atom. The Morgan fingerprint density at radius 3 is 2.30 bits per heavy atom. The number of alkyl halides is 1. The molecule has 0 bridgehead atoms. The quantitative estimate of drug-likeness (QED) is 0.688. The summed E-state index contributed by atoms with van der Waals surface area (Å²) in [6.07, 6.45) is -0.660. The molecule has 0 radical (unpaired) electrons. The second-order valence-corrected chi connectivity index (χ2v) is 9.63. The third-order valence-electron chi connectivity index (χ3n) is 3.95. The van der Waals surface area contributed by atoms with Crippen LogP contribution in [0, 0.1) is 0 Å².